The van der Waals surface area contributed by atoms with E-state index in [9.17, 15) is 4.79 Å². The average molecular weight is 292 g/mol. The number of hydrogen-bond acceptors (Lipinski definition) is 4. The zero-order chi connectivity index (χ0) is 14.5. The van der Waals surface area contributed by atoms with Gasteiger partial charge in [0.25, 0.3) is 0 Å². The quantitative estimate of drug-likeness (QED) is 0.917. The van der Waals surface area contributed by atoms with Crippen LogP contribution in [0.1, 0.15) is 23.0 Å². The van der Waals surface area contributed by atoms with Gasteiger partial charge in [-0.25, -0.2) is 9.78 Å². The van der Waals surface area contributed by atoms with E-state index in [2.05, 4.69) is 9.97 Å². The Kier molecular flexibility index (Phi) is 4.53. The van der Waals surface area contributed by atoms with Crippen molar-refractivity contribution in [3.05, 3.63) is 52.9 Å². The standard InChI is InChI=1S/C14H14ClN3O2/c1-2-18(9-10-5-3-4-7-16-10)13-12(15)11(14(19)20)6-8-17-13/h3-8H,2,9H2,1H3,(H,19,20). The highest BCUT2D eigenvalue weighted by Crippen LogP contribution is 2.27. The molecule has 0 aromatic carbocycles. The summed E-state index contributed by atoms with van der Waals surface area (Å²) in [5, 5.41) is 9.24. The molecule has 0 atom stereocenters. The first kappa shape index (κ1) is 14.3. The van der Waals surface area contributed by atoms with Crippen LogP contribution in [-0.4, -0.2) is 27.6 Å². The van der Waals surface area contributed by atoms with Gasteiger partial charge in [0.15, 0.2) is 0 Å². The van der Waals surface area contributed by atoms with Gasteiger partial charge >= 0.3 is 5.97 Å². The summed E-state index contributed by atoms with van der Waals surface area (Å²) in [7, 11) is 0. The van der Waals surface area contributed by atoms with E-state index in [1.54, 1.807) is 6.20 Å². The van der Waals surface area contributed by atoms with Gasteiger partial charge in [0, 0.05) is 18.9 Å². The smallest absolute Gasteiger partial charge is 0.337 e. The first-order chi connectivity index (χ1) is 9.63. The van der Waals surface area contributed by atoms with E-state index in [-0.39, 0.29) is 10.6 Å². The first-order valence-corrected chi connectivity index (χ1v) is 6.54. The van der Waals surface area contributed by atoms with E-state index < -0.39 is 5.97 Å². The number of aromatic carboxylic acids is 1. The minimum Gasteiger partial charge on any atom is -0.478 e. The minimum absolute atomic E-state index is 0.0520. The fraction of sp³-hybridized carbons (Fsp3) is 0.214. The number of rotatable bonds is 5. The number of hydrogen-bond donors (Lipinski definition) is 1. The summed E-state index contributed by atoms with van der Waals surface area (Å²) >= 11 is 6.14. The summed E-state index contributed by atoms with van der Waals surface area (Å²) in [6.07, 6.45) is 3.16. The van der Waals surface area contributed by atoms with Crippen molar-refractivity contribution < 1.29 is 9.90 Å². The zero-order valence-electron chi connectivity index (χ0n) is 11.0. The predicted octanol–water partition coefficient (Wildman–Crippen LogP) is 2.85. The molecule has 0 fully saturated rings. The Bertz CT molecular complexity index is 605. The molecule has 0 spiro atoms. The third kappa shape index (κ3) is 3.05. The van der Waals surface area contributed by atoms with Crippen LogP contribution in [0.5, 0.6) is 0 Å². The molecule has 0 saturated heterocycles. The number of pyridine rings is 2. The highest BCUT2D eigenvalue weighted by molar-refractivity contribution is 6.35. The van der Waals surface area contributed by atoms with Gasteiger partial charge in [-0.2, -0.15) is 0 Å². The maximum Gasteiger partial charge on any atom is 0.337 e. The molecule has 2 rings (SSSR count). The van der Waals surface area contributed by atoms with Crippen molar-refractivity contribution in [2.75, 3.05) is 11.4 Å². The van der Waals surface area contributed by atoms with E-state index in [1.807, 2.05) is 30.0 Å². The molecule has 20 heavy (non-hydrogen) atoms. The Hall–Kier alpha value is -2.14. The number of carboxylic acids is 1. The second kappa shape index (κ2) is 6.34. The van der Waals surface area contributed by atoms with Crippen molar-refractivity contribution in [2.24, 2.45) is 0 Å². The van der Waals surface area contributed by atoms with E-state index in [4.69, 9.17) is 16.7 Å². The molecule has 0 aliphatic heterocycles. The normalized spacial score (nSPS) is 10.3. The highest BCUT2D eigenvalue weighted by Gasteiger charge is 2.17. The van der Waals surface area contributed by atoms with Gasteiger partial charge in [0.1, 0.15) is 5.82 Å². The highest BCUT2D eigenvalue weighted by atomic mass is 35.5. The average Bonchev–Trinajstić information content (AvgIpc) is 2.46. The molecule has 0 unspecified atom stereocenters. The molecule has 1 N–H and O–H groups in total. The topological polar surface area (TPSA) is 66.3 Å². The second-order valence-corrected chi connectivity index (χ2v) is 4.51. The second-order valence-electron chi connectivity index (χ2n) is 4.14. The van der Waals surface area contributed by atoms with E-state index in [0.29, 0.717) is 18.9 Å². The molecule has 0 amide bonds. The molecule has 0 aliphatic rings. The Morgan fingerprint density at radius 2 is 2.10 bits per heavy atom. The zero-order valence-corrected chi connectivity index (χ0v) is 11.7. The van der Waals surface area contributed by atoms with Crippen LogP contribution in [0.4, 0.5) is 5.82 Å². The van der Waals surface area contributed by atoms with Crippen LogP contribution in [0.15, 0.2) is 36.7 Å². The molecule has 2 heterocycles. The SMILES string of the molecule is CCN(Cc1ccccn1)c1nccc(C(=O)O)c1Cl. The number of nitrogens with zero attached hydrogens (tertiary/aromatic N) is 3. The van der Waals surface area contributed by atoms with Crippen molar-refractivity contribution in [1.82, 2.24) is 9.97 Å². The molecule has 0 aliphatic carbocycles. The third-order valence-corrected chi connectivity index (χ3v) is 3.23. The van der Waals surface area contributed by atoms with Crippen LogP contribution in [-0.2, 0) is 6.54 Å². The van der Waals surface area contributed by atoms with E-state index >= 15 is 0 Å². The number of carboxylic acid groups (broad SMARTS) is 1. The molecule has 0 saturated carbocycles. The lowest BCUT2D eigenvalue weighted by atomic mass is 10.2. The van der Waals surface area contributed by atoms with Gasteiger partial charge in [-0.1, -0.05) is 17.7 Å². The summed E-state index contributed by atoms with van der Waals surface area (Å²) in [5.74, 6) is -0.604. The molecular weight excluding hydrogens is 278 g/mol. The summed E-state index contributed by atoms with van der Waals surface area (Å²) < 4.78 is 0. The molecule has 6 heteroatoms. The van der Waals surface area contributed by atoms with Gasteiger partial charge in [0.05, 0.1) is 22.8 Å². The fourth-order valence-corrected chi connectivity index (χ4v) is 2.15. The minimum atomic E-state index is -1.06. The summed E-state index contributed by atoms with van der Waals surface area (Å²) in [6.45, 7) is 3.12. The van der Waals surface area contributed by atoms with Gasteiger partial charge in [-0.05, 0) is 25.1 Å². The molecule has 5 nitrogen and oxygen atoms in total. The number of aromatic nitrogens is 2. The lowest BCUT2D eigenvalue weighted by Gasteiger charge is -2.23. The fourth-order valence-electron chi connectivity index (χ4n) is 1.84. The maximum absolute atomic E-state index is 11.1. The van der Waals surface area contributed by atoms with E-state index in [1.165, 1.54) is 12.3 Å². The van der Waals surface area contributed by atoms with Crippen LogP contribution in [0.2, 0.25) is 5.02 Å². The van der Waals surface area contributed by atoms with Crippen molar-refractivity contribution in [3.8, 4) is 0 Å². The monoisotopic (exact) mass is 291 g/mol. The maximum atomic E-state index is 11.1. The van der Waals surface area contributed by atoms with E-state index in [0.717, 1.165) is 5.69 Å². The molecule has 2 aromatic rings. The lowest BCUT2D eigenvalue weighted by molar-refractivity contribution is 0.0697. The number of carbonyl (C=O) groups is 1. The predicted molar refractivity (Wildman–Crippen MR) is 77.2 cm³/mol. The van der Waals surface area contributed by atoms with Gasteiger partial charge in [-0.3, -0.25) is 4.98 Å². The van der Waals surface area contributed by atoms with Crippen LogP contribution in [0.25, 0.3) is 0 Å². The number of anilines is 1. The van der Waals surface area contributed by atoms with Crippen LogP contribution in [0.3, 0.4) is 0 Å². The Morgan fingerprint density at radius 3 is 2.70 bits per heavy atom. The van der Waals surface area contributed by atoms with Gasteiger partial charge in [0.2, 0.25) is 0 Å². The van der Waals surface area contributed by atoms with Crippen molar-refractivity contribution >= 4 is 23.4 Å². The Balaban J connectivity index is 2.33. The van der Waals surface area contributed by atoms with Gasteiger partial charge in [-0.15, -0.1) is 0 Å². The molecular formula is C14H14ClN3O2. The Morgan fingerprint density at radius 1 is 1.30 bits per heavy atom. The molecule has 104 valence electrons. The van der Waals surface area contributed by atoms with Crippen LogP contribution >= 0.6 is 11.6 Å². The summed E-state index contributed by atoms with van der Waals surface area (Å²) in [4.78, 5) is 21.4. The summed E-state index contributed by atoms with van der Waals surface area (Å²) in [6, 6.07) is 7.04. The van der Waals surface area contributed by atoms with Crippen molar-refractivity contribution in [2.45, 2.75) is 13.5 Å². The van der Waals surface area contributed by atoms with Crippen molar-refractivity contribution in [1.29, 1.82) is 0 Å². The third-order valence-electron chi connectivity index (χ3n) is 2.86. The van der Waals surface area contributed by atoms with Crippen molar-refractivity contribution in [3.63, 3.8) is 0 Å². The molecule has 0 radical (unpaired) electrons. The molecule has 0 bridgehead atoms. The number of halogens is 1. The Labute approximate surface area is 121 Å². The largest absolute Gasteiger partial charge is 0.478 e. The molecule has 2 aromatic heterocycles. The summed E-state index contributed by atoms with van der Waals surface area (Å²) in [5.41, 5.74) is 0.920. The lowest BCUT2D eigenvalue weighted by Crippen LogP contribution is -2.24. The van der Waals surface area contributed by atoms with Crippen LogP contribution in [0, 0.1) is 0 Å². The van der Waals surface area contributed by atoms with Gasteiger partial charge < -0.3 is 10.0 Å². The van der Waals surface area contributed by atoms with Crippen LogP contribution < -0.4 is 4.90 Å². The first-order valence-electron chi connectivity index (χ1n) is 6.16.